The highest BCUT2D eigenvalue weighted by molar-refractivity contribution is 7.47. The molecule has 0 saturated heterocycles. The maximum Gasteiger partial charge on any atom is 0.472 e. The quantitative estimate of drug-likeness (QED) is 0.0285. The van der Waals surface area contributed by atoms with Crippen molar-refractivity contribution in [2.45, 2.75) is 174 Å². The molecular weight excluding hydrogens is 625 g/mol. The third-order valence-electron chi connectivity index (χ3n) is 8.06. The standard InChI is InChI=1S/C39H74NO7P/c1-3-5-7-9-11-13-15-17-19-20-22-24-26-28-30-32-39(41)47-38(37-46-48(42,43)45-35-33-40)36-44-34-31-29-27-25-23-21-18-16-14-12-10-8-6-4-2/h11,13,17,19,22,24,38H,3-10,12,14-16,18,20-21,23,25-37,40H2,1-2H3,(H,42,43)/b13-11-,19-17-,24-22-/t38-/m1/s1. The fraction of sp³-hybridized carbons (Fsp3) is 0.821. The topological polar surface area (TPSA) is 117 Å². The number of carbonyl (C=O) groups is 1. The van der Waals surface area contributed by atoms with Crippen LogP contribution in [0.3, 0.4) is 0 Å². The summed E-state index contributed by atoms with van der Waals surface area (Å²) < 4.78 is 33.3. The first-order valence-electron chi connectivity index (χ1n) is 19.5. The molecule has 3 N–H and O–H groups in total. The van der Waals surface area contributed by atoms with Gasteiger partial charge in [0.15, 0.2) is 0 Å². The maximum atomic E-state index is 12.5. The van der Waals surface area contributed by atoms with E-state index in [1.165, 1.54) is 103 Å². The van der Waals surface area contributed by atoms with E-state index in [0.29, 0.717) is 13.0 Å². The Hall–Kier alpha value is -1.28. The lowest BCUT2D eigenvalue weighted by Gasteiger charge is -2.20. The smallest absolute Gasteiger partial charge is 0.457 e. The molecule has 0 aromatic rings. The van der Waals surface area contributed by atoms with Crippen molar-refractivity contribution in [1.82, 2.24) is 0 Å². The second kappa shape index (κ2) is 37.0. The van der Waals surface area contributed by atoms with E-state index >= 15 is 0 Å². The molecule has 48 heavy (non-hydrogen) atoms. The van der Waals surface area contributed by atoms with Crippen molar-refractivity contribution >= 4 is 13.8 Å². The molecule has 0 aliphatic heterocycles. The largest absolute Gasteiger partial charge is 0.472 e. The average molecular weight is 700 g/mol. The minimum Gasteiger partial charge on any atom is -0.457 e. The Morgan fingerprint density at radius 3 is 1.65 bits per heavy atom. The Bertz CT molecular complexity index is 833. The second-order valence-electron chi connectivity index (χ2n) is 12.8. The van der Waals surface area contributed by atoms with Gasteiger partial charge >= 0.3 is 13.8 Å². The number of rotatable bonds is 37. The predicted octanol–water partition coefficient (Wildman–Crippen LogP) is 11.1. The number of ether oxygens (including phenoxy) is 2. The zero-order valence-electron chi connectivity index (χ0n) is 31.0. The lowest BCUT2D eigenvalue weighted by Crippen LogP contribution is -2.28. The van der Waals surface area contributed by atoms with Crippen LogP contribution in [0.5, 0.6) is 0 Å². The molecule has 0 aromatic heterocycles. The molecule has 0 bridgehead atoms. The summed E-state index contributed by atoms with van der Waals surface area (Å²) in [5.74, 6) is -0.367. The highest BCUT2D eigenvalue weighted by atomic mass is 31.2. The summed E-state index contributed by atoms with van der Waals surface area (Å²) >= 11 is 0. The Morgan fingerprint density at radius 2 is 1.10 bits per heavy atom. The number of hydrogen-bond acceptors (Lipinski definition) is 7. The van der Waals surface area contributed by atoms with Gasteiger partial charge in [0.2, 0.25) is 0 Å². The van der Waals surface area contributed by atoms with Gasteiger partial charge in [-0.2, -0.15) is 0 Å². The van der Waals surface area contributed by atoms with Gasteiger partial charge in [-0.05, 0) is 51.4 Å². The molecule has 0 fully saturated rings. The van der Waals surface area contributed by atoms with E-state index in [1.807, 2.05) is 0 Å². The number of unbranched alkanes of at least 4 members (excludes halogenated alkanes) is 18. The van der Waals surface area contributed by atoms with Crippen LogP contribution in [0.4, 0.5) is 0 Å². The molecule has 0 saturated carbocycles. The molecule has 0 radical (unpaired) electrons. The SMILES string of the molecule is CCCCC/C=C\C/C=C\C/C=C\CCCCC(=O)O[C@H](COCCCCCCCCCCCCCCCC)COP(=O)(O)OCCN. The monoisotopic (exact) mass is 700 g/mol. The van der Waals surface area contributed by atoms with Crippen molar-refractivity contribution in [3.8, 4) is 0 Å². The normalized spacial score (nSPS) is 14.0. The summed E-state index contributed by atoms with van der Waals surface area (Å²) in [6.07, 6.45) is 40.1. The molecule has 9 heteroatoms. The van der Waals surface area contributed by atoms with Crippen molar-refractivity contribution in [2.24, 2.45) is 5.73 Å². The molecule has 0 heterocycles. The fourth-order valence-electron chi connectivity index (χ4n) is 5.18. The molecular formula is C39H74NO7P. The van der Waals surface area contributed by atoms with Gasteiger partial charge in [0.05, 0.1) is 19.8 Å². The summed E-state index contributed by atoms with van der Waals surface area (Å²) in [5, 5.41) is 0. The van der Waals surface area contributed by atoms with Gasteiger partial charge in [0.25, 0.3) is 0 Å². The number of allylic oxidation sites excluding steroid dienone is 6. The molecule has 1 unspecified atom stereocenters. The van der Waals surface area contributed by atoms with Crippen molar-refractivity contribution in [3.05, 3.63) is 36.5 Å². The number of carbonyl (C=O) groups excluding carboxylic acids is 1. The summed E-state index contributed by atoms with van der Waals surface area (Å²) in [6, 6.07) is 0. The van der Waals surface area contributed by atoms with Gasteiger partial charge < -0.3 is 20.1 Å². The zero-order chi connectivity index (χ0) is 35.2. The number of nitrogens with two attached hydrogens (primary N) is 1. The molecule has 0 aromatic carbocycles. The van der Waals surface area contributed by atoms with Crippen LogP contribution in [0, 0.1) is 0 Å². The van der Waals surface area contributed by atoms with Crippen LogP contribution in [0.15, 0.2) is 36.5 Å². The minimum absolute atomic E-state index is 0.0946. The van der Waals surface area contributed by atoms with Gasteiger partial charge in [0, 0.05) is 19.6 Å². The van der Waals surface area contributed by atoms with Crippen molar-refractivity contribution in [3.63, 3.8) is 0 Å². The summed E-state index contributed by atoms with van der Waals surface area (Å²) in [6.45, 7) is 4.84. The molecule has 0 aliphatic carbocycles. The van der Waals surface area contributed by atoms with Gasteiger partial charge in [-0.3, -0.25) is 13.8 Å². The summed E-state index contributed by atoms with van der Waals surface area (Å²) in [4.78, 5) is 22.4. The first-order chi connectivity index (χ1) is 23.4. The molecule has 0 spiro atoms. The van der Waals surface area contributed by atoms with Crippen LogP contribution in [0.2, 0.25) is 0 Å². The summed E-state index contributed by atoms with van der Waals surface area (Å²) in [5.41, 5.74) is 5.35. The highest BCUT2D eigenvalue weighted by Gasteiger charge is 2.25. The third kappa shape index (κ3) is 36.0. The average Bonchev–Trinajstić information content (AvgIpc) is 3.07. The fourth-order valence-corrected chi connectivity index (χ4v) is 5.94. The van der Waals surface area contributed by atoms with Crippen molar-refractivity contribution < 1.29 is 32.8 Å². The third-order valence-corrected chi connectivity index (χ3v) is 9.04. The maximum absolute atomic E-state index is 12.5. The van der Waals surface area contributed by atoms with Crippen LogP contribution >= 0.6 is 7.82 Å². The molecule has 282 valence electrons. The van der Waals surface area contributed by atoms with Crippen LogP contribution in [0.25, 0.3) is 0 Å². The number of esters is 1. The van der Waals surface area contributed by atoms with E-state index in [4.69, 9.17) is 24.3 Å². The first kappa shape index (κ1) is 46.7. The Kier molecular flexibility index (Phi) is 36.0. The second-order valence-corrected chi connectivity index (χ2v) is 14.2. The van der Waals surface area contributed by atoms with Crippen molar-refractivity contribution in [1.29, 1.82) is 0 Å². The van der Waals surface area contributed by atoms with Gasteiger partial charge in [-0.15, -0.1) is 0 Å². The van der Waals surface area contributed by atoms with E-state index in [-0.39, 0.29) is 38.8 Å². The molecule has 0 amide bonds. The predicted molar refractivity (Wildman–Crippen MR) is 201 cm³/mol. The van der Waals surface area contributed by atoms with Crippen LogP contribution in [-0.4, -0.2) is 49.9 Å². The molecule has 0 aliphatic rings. The Balaban J connectivity index is 4.15. The lowest BCUT2D eigenvalue weighted by atomic mass is 10.0. The van der Waals surface area contributed by atoms with Crippen LogP contribution in [0.1, 0.15) is 168 Å². The first-order valence-corrected chi connectivity index (χ1v) is 21.0. The number of hydrogen-bond donors (Lipinski definition) is 2. The van der Waals surface area contributed by atoms with Gasteiger partial charge in [-0.25, -0.2) is 4.57 Å². The molecule has 2 atom stereocenters. The summed E-state index contributed by atoms with van der Waals surface area (Å²) in [7, 11) is -4.28. The number of phosphoric acid groups is 1. The van der Waals surface area contributed by atoms with E-state index in [1.54, 1.807) is 0 Å². The minimum atomic E-state index is -4.28. The molecule has 0 rings (SSSR count). The Morgan fingerprint density at radius 1 is 0.625 bits per heavy atom. The van der Waals surface area contributed by atoms with E-state index in [2.05, 4.69) is 50.3 Å². The van der Waals surface area contributed by atoms with E-state index < -0.39 is 13.9 Å². The van der Waals surface area contributed by atoms with Gasteiger partial charge in [0.1, 0.15) is 6.10 Å². The lowest BCUT2D eigenvalue weighted by molar-refractivity contribution is -0.154. The van der Waals surface area contributed by atoms with E-state index in [0.717, 1.165) is 38.5 Å². The van der Waals surface area contributed by atoms with Crippen LogP contribution < -0.4 is 5.73 Å². The Labute approximate surface area is 295 Å². The van der Waals surface area contributed by atoms with E-state index in [9.17, 15) is 14.3 Å². The van der Waals surface area contributed by atoms with Crippen molar-refractivity contribution in [2.75, 3.05) is 33.0 Å². The van der Waals surface area contributed by atoms with Crippen LogP contribution in [-0.2, 0) is 27.9 Å². The molecule has 8 nitrogen and oxygen atoms in total. The highest BCUT2D eigenvalue weighted by Crippen LogP contribution is 2.43. The number of phosphoric ester groups is 1. The van der Waals surface area contributed by atoms with Gasteiger partial charge in [-0.1, -0.05) is 147 Å². The zero-order valence-corrected chi connectivity index (χ0v) is 31.9.